The van der Waals surface area contributed by atoms with Crippen molar-refractivity contribution >= 4 is 16.7 Å². The van der Waals surface area contributed by atoms with Gasteiger partial charge in [0.25, 0.3) is 0 Å². The number of hydrogen-bond acceptors (Lipinski definition) is 3. The van der Waals surface area contributed by atoms with Crippen molar-refractivity contribution in [2.24, 2.45) is 0 Å². The number of para-hydroxylation sites is 2. The van der Waals surface area contributed by atoms with Gasteiger partial charge in [0.15, 0.2) is 5.65 Å². The predicted molar refractivity (Wildman–Crippen MR) is 139 cm³/mol. The lowest BCUT2D eigenvalue weighted by molar-refractivity contribution is 0.477. The largest absolute Gasteiger partial charge is 0.507 e. The fourth-order valence-electron chi connectivity index (χ4n) is 4.71. The van der Waals surface area contributed by atoms with E-state index in [2.05, 4.69) is 23.9 Å². The Morgan fingerprint density at radius 3 is 2.34 bits per heavy atom. The summed E-state index contributed by atoms with van der Waals surface area (Å²) in [6.07, 6.45) is 3.07. The molecular formula is C30H24N4O. The van der Waals surface area contributed by atoms with Crippen molar-refractivity contribution in [3.8, 4) is 33.8 Å². The van der Waals surface area contributed by atoms with Gasteiger partial charge in [0, 0.05) is 22.4 Å². The second-order valence-corrected chi connectivity index (χ2v) is 8.97. The first-order valence-electron chi connectivity index (χ1n) is 12.0. The van der Waals surface area contributed by atoms with Crippen LogP contribution in [0.5, 0.6) is 5.75 Å². The molecule has 1 fully saturated rings. The summed E-state index contributed by atoms with van der Waals surface area (Å²) in [4.78, 5) is 9.10. The Bertz CT molecular complexity index is 1590. The maximum absolute atomic E-state index is 10.9. The van der Waals surface area contributed by atoms with Crippen LogP contribution in [0.1, 0.15) is 36.9 Å². The van der Waals surface area contributed by atoms with Gasteiger partial charge in [-0.25, -0.2) is 14.5 Å². The first-order valence-corrected chi connectivity index (χ1v) is 12.0. The SMILES string of the molecule is [C-]#[N+]c1c(-c2ccc(CC)cc2)nc2c(c(C3CC3)nn2-c2ccccc2)c1-c1ccccc1O. The molecule has 5 nitrogen and oxygen atoms in total. The number of fused-ring (bicyclic) bond motifs is 1. The Morgan fingerprint density at radius 1 is 0.971 bits per heavy atom. The molecule has 1 saturated carbocycles. The van der Waals surface area contributed by atoms with E-state index in [0.29, 0.717) is 34.1 Å². The number of phenols is 1. The van der Waals surface area contributed by atoms with Gasteiger partial charge in [-0.15, -0.1) is 0 Å². The molecule has 1 aliphatic rings. The van der Waals surface area contributed by atoms with Crippen LogP contribution in [0.4, 0.5) is 5.69 Å². The molecule has 170 valence electrons. The molecule has 0 amide bonds. The highest BCUT2D eigenvalue weighted by molar-refractivity contribution is 6.07. The molecule has 0 bridgehead atoms. The van der Waals surface area contributed by atoms with Crippen molar-refractivity contribution in [1.82, 2.24) is 14.8 Å². The molecule has 0 atom stereocenters. The summed E-state index contributed by atoms with van der Waals surface area (Å²) in [6.45, 7) is 10.3. The minimum absolute atomic E-state index is 0.145. The maximum Gasteiger partial charge on any atom is 0.221 e. The average Bonchev–Trinajstić information content (AvgIpc) is 3.69. The molecule has 35 heavy (non-hydrogen) atoms. The van der Waals surface area contributed by atoms with Gasteiger partial charge >= 0.3 is 0 Å². The molecule has 0 saturated heterocycles. The van der Waals surface area contributed by atoms with E-state index in [1.807, 2.05) is 59.3 Å². The number of nitrogens with zero attached hydrogens (tertiary/aromatic N) is 4. The topological polar surface area (TPSA) is 55.3 Å². The van der Waals surface area contributed by atoms with Gasteiger partial charge in [0.05, 0.1) is 23.6 Å². The molecule has 3 aromatic carbocycles. The van der Waals surface area contributed by atoms with E-state index in [4.69, 9.17) is 16.7 Å². The Balaban J connectivity index is 1.76. The third-order valence-electron chi connectivity index (χ3n) is 6.70. The lowest BCUT2D eigenvalue weighted by atomic mass is 9.94. The van der Waals surface area contributed by atoms with Gasteiger partial charge in [-0.05, 0) is 48.6 Å². The second-order valence-electron chi connectivity index (χ2n) is 8.97. The van der Waals surface area contributed by atoms with Crippen molar-refractivity contribution in [1.29, 1.82) is 0 Å². The van der Waals surface area contributed by atoms with Gasteiger partial charge in [-0.1, -0.05) is 67.6 Å². The summed E-state index contributed by atoms with van der Waals surface area (Å²) in [7, 11) is 0. The number of pyridine rings is 1. The number of phenolic OH excluding ortho intramolecular Hbond substituents is 1. The fourth-order valence-corrected chi connectivity index (χ4v) is 4.71. The van der Waals surface area contributed by atoms with Crippen LogP contribution in [0, 0.1) is 6.57 Å². The highest BCUT2D eigenvalue weighted by Crippen LogP contribution is 2.51. The maximum atomic E-state index is 10.9. The van der Waals surface area contributed by atoms with Crippen molar-refractivity contribution < 1.29 is 5.11 Å². The number of aromatic hydroxyl groups is 1. The van der Waals surface area contributed by atoms with Crippen LogP contribution in [-0.2, 0) is 6.42 Å². The first-order chi connectivity index (χ1) is 17.2. The molecule has 0 spiro atoms. The summed E-state index contributed by atoms with van der Waals surface area (Å²) in [6, 6.07) is 25.4. The standard InChI is InChI=1S/C30H24N4O/c1-3-19-13-15-21(16-14-19)28-29(31-2)25(23-11-7-8-12-24(23)35)26-27(20-17-18-20)33-34(30(26)32-28)22-9-5-4-6-10-22/h4-16,20,35H,3,17-18H2,1H3. The van der Waals surface area contributed by atoms with Crippen LogP contribution < -0.4 is 0 Å². The zero-order chi connectivity index (χ0) is 23.9. The molecule has 1 aliphatic carbocycles. The van der Waals surface area contributed by atoms with Gasteiger partial charge in [0.2, 0.25) is 5.69 Å². The summed E-state index contributed by atoms with van der Waals surface area (Å²) in [5, 5.41) is 16.8. The molecule has 6 rings (SSSR count). The Hall–Kier alpha value is -4.43. The number of aryl methyl sites for hydroxylation is 1. The first kappa shape index (κ1) is 21.1. The van der Waals surface area contributed by atoms with Gasteiger partial charge in [-0.3, -0.25) is 0 Å². The summed E-state index contributed by atoms with van der Waals surface area (Å²) in [5.41, 5.74) is 7.07. The van der Waals surface area contributed by atoms with E-state index in [-0.39, 0.29) is 5.75 Å². The van der Waals surface area contributed by atoms with Crippen molar-refractivity contribution in [2.75, 3.05) is 0 Å². The van der Waals surface area contributed by atoms with E-state index in [9.17, 15) is 5.11 Å². The molecule has 1 N–H and O–H groups in total. The van der Waals surface area contributed by atoms with E-state index in [0.717, 1.165) is 41.6 Å². The molecule has 5 heteroatoms. The van der Waals surface area contributed by atoms with Crippen LogP contribution in [-0.4, -0.2) is 19.9 Å². The van der Waals surface area contributed by atoms with E-state index >= 15 is 0 Å². The van der Waals surface area contributed by atoms with Crippen LogP contribution in [0.2, 0.25) is 0 Å². The van der Waals surface area contributed by atoms with Crippen LogP contribution in [0.3, 0.4) is 0 Å². The minimum atomic E-state index is 0.145. The highest BCUT2D eigenvalue weighted by atomic mass is 16.3. The molecule has 0 unspecified atom stereocenters. The minimum Gasteiger partial charge on any atom is -0.507 e. The quantitative estimate of drug-likeness (QED) is 0.279. The number of aromatic nitrogens is 3. The number of benzene rings is 3. The zero-order valence-corrected chi connectivity index (χ0v) is 19.4. The third-order valence-corrected chi connectivity index (χ3v) is 6.70. The second kappa shape index (κ2) is 8.41. The van der Waals surface area contributed by atoms with Crippen molar-refractivity contribution in [3.05, 3.63) is 102 Å². The molecule has 2 heterocycles. The Labute approximate surface area is 204 Å². The predicted octanol–water partition coefficient (Wildman–Crippen LogP) is 7.45. The van der Waals surface area contributed by atoms with Crippen LogP contribution >= 0.6 is 0 Å². The Morgan fingerprint density at radius 2 is 1.69 bits per heavy atom. The zero-order valence-electron chi connectivity index (χ0n) is 19.4. The third kappa shape index (κ3) is 3.55. The van der Waals surface area contributed by atoms with Gasteiger partial charge in [0.1, 0.15) is 5.75 Å². The summed E-state index contributed by atoms with van der Waals surface area (Å²) < 4.78 is 1.89. The van der Waals surface area contributed by atoms with E-state index in [1.54, 1.807) is 12.1 Å². The molecule has 0 radical (unpaired) electrons. The summed E-state index contributed by atoms with van der Waals surface area (Å²) in [5.74, 6) is 0.480. The Kier molecular flexibility index (Phi) is 5.08. The number of hydrogen-bond donors (Lipinski definition) is 1. The fraction of sp³-hybridized carbons (Fsp3) is 0.167. The normalized spacial score (nSPS) is 13.1. The molecule has 5 aromatic rings. The van der Waals surface area contributed by atoms with Crippen molar-refractivity contribution in [2.45, 2.75) is 32.1 Å². The molecule has 0 aliphatic heterocycles. The van der Waals surface area contributed by atoms with Gasteiger partial charge in [-0.2, -0.15) is 5.10 Å². The summed E-state index contributed by atoms with van der Waals surface area (Å²) >= 11 is 0. The van der Waals surface area contributed by atoms with Gasteiger partial charge < -0.3 is 5.11 Å². The van der Waals surface area contributed by atoms with Crippen LogP contribution in [0.15, 0.2) is 78.9 Å². The highest BCUT2D eigenvalue weighted by Gasteiger charge is 2.33. The number of rotatable bonds is 5. The van der Waals surface area contributed by atoms with Crippen molar-refractivity contribution in [3.63, 3.8) is 0 Å². The molecular weight excluding hydrogens is 432 g/mol. The lowest BCUT2D eigenvalue weighted by Crippen LogP contribution is -1.99. The van der Waals surface area contributed by atoms with E-state index < -0.39 is 0 Å². The molecule has 2 aromatic heterocycles. The van der Waals surface area contributed by atoms with E-state index in [1.165, 1.54) is 5.56 Å². The monoisotopic (exact) mass is 456 g/mol. The van der Waals surface area contributed by atoms with Crippen LogP contribution in [0.25, 0.3) is 44.0 Å². The smallest absolute Gasteiger partial charge is 0.221 e. The average molecular weight is 457 g/mol. The lowest BCUT2D eigenvalue weighted by Gasteiger charge is -2.14.